The number of aryl methyl sites for hydroxylation is 1. The van der Waals surface area contributed by atoms with Crippen LogP contribution in [0.2, 0.25) is 33.2 Å². The van der Waals surface area contributed by atoms with Gasteiger partial charge in [0.15, 0.2) is 0 Å². The molecule has 0 fully saturated rings. The van der Waals surface area contributed by atoms with Gasteiger partial charge in [-0.1, -0.05) is 132 Å². The highest BCUT2D eigenvalue weighted by molar-refractivity contribution is 6.91. The number of rotatable bonds is 7. The van der Waals surface area contributed by atoms with Crippen LogP contribution in [-0.4, -0.2) is 16.1 Å². The molecule has 4 aromatic rings. The lowest BCUT2D eigenvalue weighted by molar-refractivity contribution is 0.838. The second-order valence-corrected chi connectivity index (χ2v) is 26.4. The topological polar surface area (TPSA) is 0 Å². The molecule has 0 aliphatic rings. The van der Waals surface area contributed by atoms with E-state index in [1.165, 1.54) is 43.4 Å². The van der Waals surface area contributed by atoms with Gasteiger partial charge in [-0.2, -0.15) is 0 Å². The zero-order valence-corrected chi connectivity index (χ0v) is 32.4. The van der Waals surface area contributed by atoms with Crippen molar-refractivity contribution in [2.45, 2.75) is 123 Å². The molecule has 4 rings (SSSR count). The van der Waals surface area contributed by atoms with E-state index in [4.69, 9.17) is 0 Å². The minimum atomic E-state index is -1.97. The largest absolute Gasteiger partial charge is 0.146 e. The minimum absolute atomic E-state index is 0.570. The molecule has 0 nitrogen and oxygen atoms in total. The molecule has 0 aliphatic carbocycles. The van der Waals surface area contributed by atoms with E-state index in [2.05, 4.69) is 168 Å². The quantitative estimate of drug-likeness (QED) is 0.108. The van der Waals surface area contributed by atoms with Crippen molar-refractivity contribution in [3.05, 3.63) is 77.4 Å². The van der Waals surface area contributed by atoms with Crippen molar-refractivity contribution in [3.63, 3.8) is 0 Å². The molecular formula is C43H56Si2. The molecule has 236 valence electrons. The van der Waals surface area contributed by atoms with Gasteiger partial charge in [0.1, 0.15) is 16.1 Å². The first-order valence-electron chi connectivity index (χ1n) is 17.2. The van der Waals surface area contributed by atoms with Crippen molar-refractivity contribution in [1.82, 2.24) is 0 Å². The highest BCUT2D eigenvalue weighted by atomic mass is 28.3. The van der Waals surface area contributed by atoms with Crippen LogP contribution in [0.25, 0.3) is 38.4 Å². The first kappa shape index (κ1) is 34.8. The lowest BCUT2D eigenvalue weighted by atomic mass is 9.88. The molecule has 0 saturated carbocycles. The standard InChI is InChI=1S/C43H56Si2/c1-15-35-25-41-39(21-23-45(31(8)9,32(10)11)33(12)13)43-27-37-19-17-16-18-36(37)26-42(43)38(40(41)24-34(35)14)20-22-44(28(2)3,29(4)5)30(6)7/h15-19,24-33H,1H2,2-14H3. The van der Waals surface area contributed by atoms with Crippen LogP contribution in [0.3, 0.4) is 0 Å². The van der Waals surface area contributed by atoms with Crippen LogP contribution in [0.5, 0.6) is 0 Å². The van der Waals surface area contributed by atoms with Gasteiger partial charge in [-0.15, -0.1) is 11.1 Å². The normalized spacial score (nSPS) is 12.6. The summed E-state index contributed by atoms with van der Waals surface area (Å²) in [6, 6.07) is 18.2. The van der Waals surface area contributed by atoms with Crippen LogP contribution < -0.4 is 0 Å². The van der Waals surface area contributed by atoms with Gasteiger partial charge in [0, 0.05) is 11.1 Å². The number of fused-ring (bicyclic) bond motifs is 3. The second kappa shape index (κ2) is 13.4. The molecule has 0 unspecified atom stereocenters. The van der Waals surface area contributed by atoms with E-state index in [-0.39, 0.29) is 0 Å². The molecule has 45 heavy (non-hydrogen) atoms. The Kier molecular flexibility index (Phi) is 10.3. The van der Waals surface area contributed by atoms with Crippen LogP contribution in [-0.2, 0) is 0 Å². The van der Waals surface area contributed by atoms with Crippen molar-refractivity contribution < 1.29 is 0 Å². The van der Waals surface area contributed by atoms with Crippen LogP contribution in [0.1, 0.15) is 105 Å². The van der Waals surface area contributed by atoms with Crippen molar-refractivity contribution in [2.75, 3.05) is 0 Å². The average molecular weight is 629 g/mol. The Labute approximate surface area is 277 Å². The van der Waals surface area contributed by atoms with Crippen molar-refractivity contribution in [3.8, 4) is 22.9 Å². The van der Waals surface area contributed by atoms with Gasteiger partial charge in [0.2, 0.25) is 0 Å². The molecule has 0 amide bonds. The Morgan fingerprint density at radius 3 is 1.20 bits per heavy atom. The van der Waals surface area contributed by atoms with Gasteiger partial charge in [0.05, 0.1) is 0 Å². The predicted octanol–water partition coefficient (Wildman–Crippen LogP) is 13.2. The van der Waals surface area contributed by atoms with Gasteiger partial charge < -0.3 is 0 Å². The lowest BCUT2D eigenvalue weighted by Crippen LogP contribution is -2.43. The zero-order chi connectivity index (χ0) is 33.4. The molecule has 0 aliphatic heterocycles. The van der Waals surface area contributed by atoms with E-state index in [0.29, 0.717) is 33.2 Å². The van der Waals surface area contributed by atoms with Gasteiger partial charge >= 0.3 is 0 Å². The van der Waals surface area contributed by atoms with Gasteiger partial charge in [0.25, 0.3) is 0 Å². The summed E-state index contributed by atoms with van der Waals surface area (Å²) in [5.41, 5.74) is 16.3. The van der Waals surface area contributed by atoms with Gasteiger partial charge in [-0.3, -0.25) is 0 Å². The van der Waals surface area contributed by atoms with E-state index in [9.17, 15) is 0 Å². The Morgan fingerprint density at radius 2 is 0.867 bits per heavy atom. The lowest BCUT2D eigenvalue weighted by Gasteiger charge is -2.38. The predicted molar refractivity (Wildman–Crippen MR) is 210 cm³/mol. The monoisotopic (exact) mass is 628 g/mol. The Balaban J connectivity index is 2.29. The summed E-state index contributed by atoms with van der Waals surface area (Å²) in [7, 11) is -3.93. The molecular weight excluding hydrogens is 573 g/mol. The summed E-state index contributed by atoms with van der Waals surface area (Å²) in [4.78, 5) is 0. The fraction of sp³-hybridized carbons (Fsp3) is 0.442. The summed E-state index contributed by atoms with van der Waals surface area (Å²) >= 11 is 0. The number of hydrogen-bond donors (Lipinski definition) is 0. The summed E-state index contributed by atoms with van der Waals surface area (Å²) in [6.07, 6.45) is 1.99. The molecule has 0 heterocycles. The average Bonchev–Trinajstić information content (AvgIpc) is 2.96. The highest BCUT2D eigenvalue weighted by Crippen LogP contribution is 2.43. The molecule has 4 aromatic carbocycles. The van der Waals surface area contributed by atoms with E-state index >= 15 is 0 Å². The third-order valence-corrected chi connectivity index (χ3v) is 23.7. The molecule has 0 aromatic heterocycles. The summed E-state index contributed by atoms with van der Waals surface area (Å²) in [5.74, 6) is 7.89. The maximum Gasteiger partial charge on any atom is 0.146 e. The maximum atomic E-state index is 4.18. The Bertz CT molecular complexity index is 1820. The first-order valence-corrected chi connectivity index (χ1v) is 21.7. The van der Waals surface area contributed by atoms with Crippen LogP contribution in [0.15, 0.2) is 55.1 Å². The van der Waals surface area contributed by atoms with Crippen LogP contribution >= 0.6 is 0 Å². The minimum Gasteiger partial charge on any atom is -0.125 e. The third kappa shape index (κ3) is 5.98. The first-order chi connectivity index (χ1) is 21.1. The van der Waals surface area contributed by atoms with Crippen molar-refractivity contribution >= 4 is 54.5 Å². The van der Waals surface area contributed by atoms with Gasteiger partial charge in [-0.25, -0.2) is 0 Å². The molecule has 0 atom stereocenters. The maximum absolute atomic E-state index is 4.18. The number of benzene rings is 4. The summed E-state index contributed by atoms with van der Waals surface area (Å²) < 4.78 is 0. The summed E-state index contributed by atoms with van der Waals surface area (Å²) in [5, 5.41) is 7.39. The molecule has 0 bridgehead atoms. The Hall–Kier alpha value is -3.05. The van der Waals surface area contributed by atoms with Gasteiger partial charge in [-0.05, 0) is 108 Å². The van der Waals surface area contributed by atoms with E-state index in [1.807, 2.05) is 6.08 Å². The van der Waals surface area contributed by atoms with E-state index in [0.717, 1.165) is 11.1 Å². The molecule has 0 saturated heterocycles. The summed E-state index contributed by atoms with van der Waals surface area (Å²) in [6.45, 7) is 35.2. The fourth-order valence-corrected chi connectivity index (χ4v) is 19.2. The van der Waals surface area contributed by atoms with E-state index in [1.54, 1.807) is 0 Å². The zero-order valence-electron chi connectivity index (χ0n) is 30.4. The van der Waals surface area contributed by atoms with Crippen LogP contribution in [0, 0.1) is 29.9 Å². The fourth-order valence-electron chi connectivity index (χ4n) is 8.78. The molecule has 0 radical (unpaired) electrons. The third-order valence-electron chi connectivity index (χ3n) is 11.1. The smallest absolute Gasteiger partial charge is 0.125 e. The van der Waals surface area contributed by atoms with Crippen LogP contribution in [0.4, 0.5) is 0 Å². The molecule has 2 heteroatoms. The van der Waals surface area contributed by atoms with E-state index < -0.39 is 16.1 Å². The molecule has 0 spiro atoms. The number of hydrogen-bond acceptors (Lipinski definition) is 0. The SMILES string of the molecule is C=Cc1cc2c(C#C[Si](C(C)C)(C(C)C)C(C)C)c3cc4ccccc4cc3c(C#C[Si](C(C)C)(C(C)C)C(C)C)c2cc1C. The van der Waals surface area contributed by atoms with Crippen molar-refractivity contribution in [2.24, 2.45) is 0 Å². The Morgan fingerprint density at radius 1 is 0.533 bits per heavy atom. The van der Waals surface area contributed by atoms with Crippen molar-refractivity contribution in [1.29, 1.82) is 0 Å². The molecule has 0 N–H and O–H groups in total. The second-order valence-electron chi connectivity index (χ2n) is 15.2. The highest BCUT2D eigenvalue weighted by Gasteiger charge is 2.42.